The molecular weight excluding hydrogens is 785 g/mol. The number of amides is 2. The number of carbonyl (C=O) groups excluding carboxylic acids is 4. The lowest BCUT2D eigenvalue weighted by Gasteiger charge is -2.31. The minimum Gasteiger partial charge on any atom is -0.382 e. The summed E-state index contributed by atoms with van der Waals surface area (Å²) in [5, 5.41) is 7.41. The number of nitrogens with one attached hydrogen (secondary N) is 3. The van der Waals surface area contributed by atoms with E-state index in [0.717, 1.165) is 48.8 Å². The molecule has 320 valence electrons. The fraction of sp³-hybridized carbons (Fsp3) is 0.575. The Labute approximate surface area is 345 Å². The van der Waals surface area contributed by atoms with Gasteiger partial charge >= 0.3 is 0 Å². The van der Waals surface area contributed by atoms with Crippen LogP contribution in [-0.4, -0.2) is 143 Å². The maximum atomic E-state index is 13.1. The number of aldehydes is 2. The van der Waals surface area contributed by atoms with Crippen LogP contribution >= 0.6 is 0 Å². The lowest BCUT2D eigenvalue weighted by Crippen LogP contribution is -2.44. The first-order chi connectivity index (χ1) is 28.9. The molecule has 18 nitrogen and oxygen atoms in total. The molecule has 2 amide bonds. The van der Waals surface area contributed by atoms with Crippen molar-refractivity contribution in [2.75, 3.05) is 89.7 Å². The number of benzene rings is 1. The smallest absolute Gasteiger partial charge is 0.264 e. The maximum Gasteiger partial charge on any atom is 0.264 e. The number of imide groups is 1. The number of anilines is 2. The molecule has 0 radical (unpaired) electrons. The second-order valence-electron chi connectivity index (χ2n) is 14.5. The zero-order valence-corrected chi connectivity index (χ0v) is 34.0. The minimum absolute atomic E-state index is 0.0205. The molecule has 1 aliphatic carbocycles. The lowest BCUT2D eigenvalue weighted by atomic mass is 10.1. The van der Waals surface area contributed by atoms with Crippen molar-refractivity contribution in [3.05, 3.63) is 58.0 Å². The molecule has 2 atom stereocenters. The summed E-state index contributed by atoms with van der Waals surface area (Å²) in [5.74, 6) is -0.603. The predicted octanol–water partition coefficient (Wildman–Crippen LogP) is 2.27. The molecule has 4 heterocycles. The van der Waals surface area contributed by atoms with Gasteiger partial charge in [-0.3, -0.25) is 23.9 Å². The molecule has 1 aromatic carbocycles. The van der Waals surface area contributed by atoms with Gasteiger partial charge in [-0.2, -0.15) is 4.98 Å². The molecule has 2 aliphatic heterocycles. The average Bonchev–Trinajstić information content (AvgIpc) is 3.87. The van der Waals surface area contributed by atoms with Crippen LogP contribution in [0.4, 0.5) is 11.6 Å². The Hall–Kier alpha value is -4.50. The van der Waals surface area contributed by atoms with E-state index < -0.39 is 29.0 Å². The summed E-state index contributed by atoms with van der Waals surface area (Å²) < 4.78 is 41.9. The Balaban J connectivity index is 0.751. The van der Waals surface area contributed by atoms with Gasteiger partial charge in [0.05, 0.1) is 70.0 Å². The normalized spacial score (nSPS) is 17.4. The zero-order valence-electron chi connectivity index (χ0n) is 33.2. The molecule has 6 rings (SSSR count). The molecule has 2 aromatic heterocycles. The summed E-state index contributed by atoms with van der Waals surface area (Å²) in [6, 6.07) is 7.61. The first kappa shape index (κ1) is 44.1. The first-order valence-corrected chi connectivity index (χ1v) is 21.5. The molecule has 3 N–H and O–H groups in total. The van der Waals surface area contributed by atoms with Crippen molar-refractivity contribution >= 4 is 58.2 Å². The van der Waals surface area contributed by atoms with E-state index in [2.05, 4.69) is 20.3 Å². The van der Waals surface area contributed by atoms with Crippen LogP contribution in [0.15, 0.2) is 41.3 Å². The van der Waals surface area contributed by atoms with E-state index in [-0.39, 0.29) is 41.6 Å². The maximum absolute atomic E-state index is 13.1. The van der Waals surface area contributed by atoms with E-state index in [4.69, 9.17) is 23.9 Å². The zero-order chi connectivity index (χ0) is 41.4. The van der Waals surface area contributed by atoms with Crippen molar-refractivity contribution < 1.29 is 42.3 Å². The van der Waals surface area contributed by atoms with Crippen LogP contribution in [0, 0.1) is 0 Å². The third-order valence-electron chi connectivity index (χ3n) is 10.5. The van der Waals surface area contributed by atoms with Crippen LogP contribution in [0.25, 0.3) is 11.0 Å². The van der Waals surface area contributed by atoms with Crippen LogP contribution < -0.4 is 20.9 Å². The molecule has 1 saturated carbocycles. The van der Waals surface area contributed by atoms with E-state index >= 15 is 0 Å². The van der Waals surface area contributed by atoms with Crippen LogP contribution in [0.5, 0.6) is 0 Å². The van der Waals surface area contributed by atoms with Crippen molar-refractivity contribution in [1.82, 2.24) is 28.5 Å². The summed E-state index contributed by atoms with van der Waals surface area (Å²) >= 11 is -1.32. The summed E-state index contributed by atoms with van der Waals surface area (Å²) in [5.41, 5.74) is 1.55. The van der Waals surface area contributed by atoms with E-state index in [0.29, 0.717) is 109 Å². The molecule has 19 heteroatoms. The second kappa shape index (κ2) is 22.8. The summed E-state index contributed by atoms with van der Waals surface area (Å²) in [6.07, 6.45) is 8.89. The Kier molecular flexibility index (Phi) is 17.0. The molecule has 2 fully saturated rings. The van der Waals surface area contributed by atoms with Gasteiger partial charge in [0.25, 0.3) is 17.4 Å². The highest BCUT2D eigenvalue weighted by Gasteiger charge is 2.41. The molecule has 1 saturated heterocycles. The monoisotopic (exact) mass is 838 g/mol. The number of ether oxygens (including phenoxy) is 4. The highest BCUT2D eigenvalue weighted by atomic mass is 32.2. The van der Waals surface area contributed by atoms with Crippen molar-refractivity contribution in [3.63, 3.8) is 0 Å². The largest absolute Gasteiger partial charge is 0.382 e. The van der Waals surface area contributed by atoms with Crippen LogP contribution in [-0.2, 0) is 39.7 Å². The fourth-order valence-corrected chi connectivity index (χ4v) is 8.52. The van der Waals surface area contributed by atoms with E-state index in [1.807, 2.05) is 8.87 Å². The van der Waals surface area contributed by atoms with Gasteiger partial charge < -0.3 is 39.2 Å². The van der Waals surface area contributed by atoms with Gasteiger partial charge in [-0.05, 0) is 50.3 Å². The van der Waals surface area contributed by atoms with Crippen molar-refractivity contribution in [2.45, 2.75) is 69.5 Å². The second-order valence-corrected chi connectivity index (χ2v) is 15.8. The summed E-state index contributed by atoms with van der Waals surface area (Å²) in [7, 11) is 0. The number of pyridine rings is 1. The number of aromatic nitrogens is 3. The molecule has 0 bridgehead atoms. The Morgan fingerprint density at radius 2 is 1.51 bits per heavy atom. The van der Waals surface area contributed by atoms with E-state index in [1.54, 1.807) is 36.5 Å². The Bertz CT molecular complexity index is 1970. The molecule has 2 unspecified atom stereocenters. The standard InChI is InChI=1S/C40H54N8O10S/c49-18-4-7-32(28-50)48-38(52)33-8-3-9-34(36(33)39(48)53)41-14-19-55-21-23-57-25-26-58-24-22-56-20-15-43-59(54)46-16-12-30(13-17-46)44-40-42-27-29-10-11-35(51)47(37(29)45-40)31-5-1-2-6-31/h3,8-11,18,27-28,30-32,41,43H,1-2,4-7,12-17,19-26H2,(H,42,44,45). The van der Waals surface area contributed by atoms with Crippen molar-refractivity contribution in [3.8, 4) is 0 Å². The predicted molar refractivity (Wildman–Crippen MR) is 220 cm³/mol. The topological polar surface area (TPSA) is 213 Å². The van der Waals surface area contributed by atoms with Gasteiger partial charge in [-0.15, -0.1) is 0 Å². The highest BCUT2D eigenvalue weighted by Crippen LogP contribution is 2.32. The number of carbonyl (C=O) groups is 4. The quantitative estimate of drug-likeness (QED) is 0.0602. The lowest BCUT2D eigenvalue weighted by molar-refractivity contribution is -0.112. The van der Waals surface area contributed by atoms with Crippen LogP contribution in [0.3, 0.4) is 0 Å². The molecule has 59 heavy (non-hydrogen) atoms. The number of fused-ring (bicyclic) bond motifs is 2. The molecule has 0 spiro atoms. The molecular formula is C40H54N8O10S. The number of piperidine rings is 1. The van der Waals surface area contributed by atoms with E-state index in [1.165, 1.54) is 0 Å². The van der Waals surface area contributed by atoms with Gasteiger partial charge in [0, 0.05) is 68.0 Å². The summed E-state index contributed by atoms with van der Waals surface area (Å²) in [6.45, 7) is 5.15. The molecule has 3 aliphatic rings. The Morgan fingerprint density at radius 3 is 2.19 bits per heavy atom. The van der Waals surface area contributed by atoms with E-state index in [9.17, 15) is 28.2 Å². The number of rotatable bonds is 26. The Morgan fingerprint density at radius 1 is 0.831 bits per heavy atom. The highest BCUT2D eigenvalue weighted by molar-refractivity contribution is 7.80. The number of hydrogen-bond acceptors (Lipinski definition) is 14. The van der Waals surface area contributed by atoms with Gasteiger partial charge in [0.2, 0.25) is 5.95 Å². The number of hydrogen-bond donors (Lipinski definition) is 3. The third kappa shape index (κ3) is 11.8. The van der Waals surface area contributed by atoms with Gasteiger partial charge in [-0.1, -0.05) is 18.9 Å². The van der Waals surface area contributed by atoms with Crippen LogP contribution in [0.2, 0.25) is 0 Å². The number of nitrogens with zero attached hydrogens (tertiary/aromatic N) is 5. The summed E-state index contributed by atoms with van der Waals surface area (Å²) in [4.78, 5) is 71.1. The fourth-order valence-electron chi connectivity index (χ4n) is 7.53. The third-order valence-corrected chi connectivity index (χ3v) is 11.8. The minimum atomic E-state index is -1.32. The van der Waals surface area contributed by atoms with Crippen molar-refractivity contribution in [2.24, 2.45) is 0 Å². The SMILES string of the molecule is O=CCCC(C=O)N1C(=O)c2cccc(NCCOCCOCCOCCOCCNS(=O)N3CCC(Nc4ncc5ccc(=O)n(C6CCCC6)c5n4)CC3)c2C1=O. The van der Waals surface area contributed by atoms with Crippen LogP contribution in [0.1, 0.15) is 78.1 Å². The van der Waals surface area contributed by atoms with Gasteiger partial charge in [0.1, 0.15) is 18.2 Å². The van der Waals surface area contributed by atoms with Crippen molar-refractivity contribution in [1.29, 1.82) is 0 Å². The average molecular weight is 839 g/mol. The van der Waals surface area contributed by atoms with Gasteiger partial charge in [-0.25, -0.2) is 18.2 Å². The first-order valence-electron chi connectivity index (χ1n) is 20.4. The molecule has 3 aromatic rings. The van der Waals surface area contributed by atoms with Gasteiger partial charge in [0.15, 0.2) is 11.2 Å².